The Hall–Kier alpha value is -0.640. The summed E-state index contributed by atoms with van der Waals surface area (Å²) < 4.78 is 11.8. The standard InChI is InChI=1S/C9H17FN2O/c10-5-7-12-9(13)8-4-2-1-3-6-11-8/h8,11H,1-7H2,(H,12,13). The summed E-state index contributed by atoms with van der Waals surface area (Å²) in [6.07, 6.45) is 4.27. The lowest BCUT2D eigenvalue weighted by molar-refractivity contribution is -0.123. The van der Waals surface area contributed by atoms with E-state index in [0.29, 0.717) is 0 Å². The molecule has 0 saturated carbocycles. The Morgan fingerprint density at radius 2 is 2.31 bits per heavy atom. The van der Waals surface area contributed by atoms with Gasteiger partial charge in [-0.25, -0.2) is 4.39 Å². The SMILES string of the molecule is O=C(NCCF)C1CCCCCN1. The molecule has 0 aromatic rings. The van der Waals surface area contributed by atoms with Crippen LogP contribution in [-0.4, -0.2) is 31.7 Å². The zero-order valence-electron chi connectivity index (χ0n) is 7.81. The molecule has 0 radical (unpaired) electrons. The minimum Gasteiger partial charge on any atom is -0.352 e. The Morgan fingerprint density at radius 1 is 1.46 bits per heavy atom. The third-order valence-electron chi connectivity index (χ3n) is 2.27. The molecule has 1 saturated heterocycles. The van der Waals surface area contributed by atoms with Gasteiger partial charge in [0.2, 0.25) is 5.91 Å². The summed E-state index contributed by atoms with van der Waals surface area (Å²) in [7, 11) is 0. The molecular weight excluding hydrogens is 171 g/mol. The second kappa shape index (κ2) is 5.91. The molecule has 0 aliphatic carbocycles. The predicted octanol–water partition coefficient (Wildman–Crippen LogP) is 0.604. The number of hydrogen-bond donors (Lipinski definition) is 2. The van der Waals surface area contributed by atoms with Crippen LogP contribution in [0.2, 0.25) is 0 Å². The molecular formula is C9H17FN2O. The Morgan fingerprint density at radius 3 is 3.08 bits per heavy atom. The number of halogens is 1. The predicted molar refractivity (Wildman–Crippen MR) is 49.2 cm³/mol. The molecule has 76 valence electrons. The van der Waals surface area contributed by atoms with Crippen molar-refractivity contribution in [1.82, 2.24) is 10.6 Å². The topological polar surface area (TPSA) is 41.1 Å². The minimum absolute atomic E-state index is 0.0560. The van der Waals surface area contributed by atoms with Crippen molar-refractivity contribution in [2.75, 3.05) is 19.8 Å². The van der Waals surface area contributed by atoms with Gasteiger partial charge in [-0.05, 0) is 19.4 Å². The summed E-state index contributed by atoms with van der Waals surface area (Å²) in [5.41, 5.74) is 0. The first-order valence-corrected chi connectivity index (χ1v) is 4.91. The summed E-state index contributed by atoms with van der Waals surface area (Å²) in [6, 6.07) is -0.103. The van der Waals surface area contributed by atoms with E-state index in [9.17, 15) is 9.18 Å². The normalized spacial score (nSPS) is 23.6. The zero-order chi connectivity index (χ0) is 9.52. The second-order valence-electron chi connectivity index (χ2n) is 3.34. The fraction of sp³-hybridized carbons (Fsp3) is 0.889. The second-order valence-corrected chi connectivity index (χ2v) is 3.34. The summed E-state index contributed by atoms with van der Waals surface area (Å²) in [5.74, 6) is -0.0560. The van der Waals surface area contributed by atoms with E-state index in [0.717, 1.165) is 25.8 Å². The maximum atomic E-state index is 11.8. The fourth-order valence-corrected chi connectivity index (χ4v) is 1.55. The van der Waals surface area contributed by atoms with Crippen molar-refractivity contribution >= 4 is 5.91 Å². The molecule has 1 amide bonds. The molecule has 0 aromatic heterocycles. The monoisotopic (exact) mass is 188 g/mol. The highest BCUT2D eigenvalue weighted by Gasteiger charge is 2.18. The number of carbonyl (C=O) groups is 1. The van der Waals surface area contributed by atoms with Crippen LogP contribution >= 0.6 is 0 Å². The van der Waals surface area contributed by atoms with Crippen molar-refractivity contribution < 1.29 is 9.18 Å². The highest BCUT2D eigenvalue weighted by molar-refractivity contribution is 5.81. The average Bonchev–Trinajstić information content (AvgIpc) is 2.42. The highest BCUT2D eigenvalue weighted by atomic mass is 19.1. The van der Waals surface area contributed by atoms with Crippen LogP contribution in [0.5, 0.6) is 0 Å². The molecule has 1 fully saturated rings. The third-order valence-corrected chi connectivity index (χ3v) is 2.27. The first-order chi connectivity index (χ1) is 6.34. The number of hydrogen-bond acceptors (Lipinski definition) is 2. The van der Waals surface area contributed by atoms with Gasteiger partial charge in [0, 0.05) is 6.54 Å². The molecule has 1 rings (SSSR count). The third kappa shape index (κ3) is 3.72. The van der Waals surface area contributed by atoms with E-state index in [1.807, 2.05) is 0 Å². The van der Waals surface area contributed by atoms with Gasteiger partial charge < -0.3 is 10.6 Å². The van der Waals surface area contributed by atoms with Crippen LogP contribution in [0.3, 0.4) is 0 Å². The lowest BCUT2D eigenvalue weighted by Crippen LogP contribution is -2.44. The molecule has 0 bridgehead atoms. The molecule has 4 heteroatoms. The van der Waals surface area contributed by atoms with Gasteiger partial charge in [0.1, 0.15) is 6.67 Å². The molecule has 1 aliphatic rings. The smallest absolute Gasteiger partial charge is 0.237 e. The zero-order valence-corrected chi connectivity index (χ0v) is 7.81. The molecule has 1 unspecified atom stereocenters. The fourth-order valence-electron chi connectivity index (χ4n) is 1.55. The maximum Gasteiger partial charge on any atom is 0.237 e. The van der Waals surface area contributed by atoms with Crippen LogP contribution in [0.25, 0.3) is 0 Å². The summed E-state index contributed by atoms with van der Waals surface area (Å²) >= 11 is 0. The van der Waals surface area contributed by atoms with E-state index in [2.05, 4.69) is 10.6 Å². The van der Waals surface area contributed by atoms with Gasteiger partial charge in [-0.15, -0.1) is 0 Å². The van der Waals surface area contributed by atoms with Gasteiger partial charge in [0.25, 0.3) is 0 Å². The molecule has 0 spiro atoms. The summed E-state index contributed by atoms with van der Waals surface area (Å²) in [6.45, 7) is 0.545. The number of rotatable bonds is 3. The molecule has 1 atom stereocenters. The van der Waals surface area contributed by atoms with Gasteiger partial charge in [0.05, 0.1) is 6.04 Å². The van der Waals surface area contributed by atoms with Crippen molar-refractivity contribution in [3.63, 3.8) is 0 Å². The number of nitrogens with one attached hydrogen (secondary N) is 2. The lowest BCUT2D eigenvalue weighted by atomic mass is 10.1. The largest absolute Gasteiger partial charge is 0.352 e. The Bertz CT molecular complexity index is 156. The Kier molecular flexibility index (Phi) is 4.75. The number of carbonyl (C=O) groups excluding carboxylic acids is 1. The first kappa shape index (κ1) is 10.4. The number of amides is 1. The lowest BCUT2D eigenvalue weighted by Gasteiger charge is -2.14. The van der Waals surface area contributed by atoms with Crippen molar-refractivity contribution in [2.24, 2.45) is 0 Å². The van der Waals surface area contributed by atoms with Crippen molar-refractivity contribution in [1.29, 1.82) is 0 Å². The first-order valence-electron chi connectivity index (χ1n) is 4.91. The Balaban J connectivity index is 2.26. The van der Waals surface area contributed by atoms with Gasteiger partial charge >= 0.3 is 0 Å². The number of alkyl halides is 1. The van der Waals surface area contributed by atoms with Crippen molar-refractivity contribution in [2.45, 2.75) is 31.7 Å². The average molecular weight is 188 g/mol. The van der Waals surface area contributed by atoms with Gasteiger partial charge in [0.15, 0.2) is 0 Å². The van der Waals surface area contributed by atoms with E-state index >= 15 is 0 Å². The van der Waals surface area contributed by atoms with Crippen LogP contribution in [0.15, 0.2) is 0 Å². The summed E-state index contributed by atoms with van der Waals surface area (Å²) in [4.78, 5) is 11.4. The molecule has 3 nitrogen and oxygen atoms in total. The van der Waals surface area contributed by atoms with Crippen LogP contribution in [0.1, 0.15) is 25.7 Å². The van der Waals surface area contributed by atoms with E-state index in [1.54, 1.807) is 0 Å². The van der Waals surface area contributed by atoms with Gasteiger partial charge in [-0.3, -0.25) is 4.79 Å². The van der Waals surface area contributed by atoms with Crippen LogP contribution in [-0.2, 0) is 4.79 Å². The molecule has 1 heterocycles. The highest BCUT2D eigenvalue weighted by Crippen LogP contribution is 2.07. The molecule has 2 N–H and O–H groups in total. The van der Waals surface area contributed by atoms with Crippen LogP contribution < -0.4 is 10.6 Å². The van der Waals surface area contributed by atoms with Gasteiger partial charge in [-0.2, -0.15) is 0 Å². The van der Waals surface area contributed by atoms with E-state index in [4.69, 9.17) is 0 Å². The van der Waals surface area contributed by atoms with E-state index in [1.165, 1.54) is 6.42 Å². The van der Waals surface area contributed by atoms with Crippen molar-refractivity contribution in [3.8, 4) is 0 Å². The van der Waals surface area contributed by atoms with Gasteiger partial charge in [-0.1, -0.05) is 12.8 Å². The molecule has 1 aliphatic heterocycles. The molecule has 0 aromatic carbocycles. The van der Waals surface area contributed by atoms with Crippen molar-refractivity contribution in [3.05, 3.63) is 0 Å². The quantitative estimate of drug-likeness (QED) is 0.681. The minimum atomic E-state index is -0.488. The Labute approximate surface area is 78.1 Å². The maximum absolute atomic E-state index is 11.8. The van der Waals surface area contributed by atoms with Crippen LogP contribution in [0.4, 0.5) is 4.39 Å². The van der Waals surface area contributed by atoms with E-state index < -0.39 is 6.67 Å². The van der Waals surface area contributed by atoms with E-state index in [-0.39, 0.29) is 18.5 Å². The molecule has 13 heavy (non-hydrogen) atoms. The summed E-state index contributed by atoms with van der Waals surface area (Å²) in [5, 5.41) is 5.71. The van der Waals surface area contributed by atoms with Crippen LogP contribution in [0, 0.1) is 0 Å².